The molecule has 0 fully saturated rings. The molecule has 0 aliphatic heterocycles. The first-order valence-electron chi connectivity index (χ1n) is 7.92. The van der Waals surface area contributed by atoms with E-state index in [2.05, 4.69) is 8.92 Å². The first-order valence-corrected chi connectivity index (χ1v) is 11.7. The summed E-state index contributed by atoms with van der Waals surface area (Å²) >= 11 is 5.26. The molecule has 0 saturated carbocycles. The van der Waals surface area contributed by atoms with Crippen molar-refractivity contribution < 1.29 is 49.4 Å². The number of carbonyl (C=O) groups excluding carboxylic acids is 3. The van der Waals surface area contributed by atoms with Gasteiger partial charge in [0.2, 0.25) is 0 Å². The van der Waals surface area contributed by atoms with Gasteiger partial charge in [0.15, 0.2) is 5.92 Å². The van der Waals surface area contributed by atoms with E-state index in [4.69, 9.17) is 20.9 Å². The normalized spacial score (nSPS) is 13.7. The Morgan fingerprint density at radius 1 is 1.10 bits per heavy atom. The fraction of sp³-hybridized carbons (Fsp3) is 0.400. The number of amides is 1. The summed E-state index contributed by atoms with van der Waals surface area (Å²) in [4.78, 5) is 36.0. The SMILES string of the molecule is CS(=O)(=O)O[C@H](COC(=O)CCl)[C@@H](C(=O)NS(=O)(=O)O)C(=O)OCc1ccccc1. The molecule has 0 radical (unpaired) electrons. The average Bonchev–Trinajstić information content (AvgIpc) is 2.62. The highest BCUT2D eigenvalue weighted by atomic mass is 35.5. The lowest BCUT2D eigenvalue weighted by atomic mass is 10.0. The molecule has 1 aromatic carbocycles. The third-order valence-corrected chi connectivity index (χ3v) is 4.45. The molecule has 1 rings (SSSR count). The Hall–Kier alpha value is -2.26. The fourth-order valence-electron chi connectivity index (χ4n) is 2.05. The summed E-state index contributed by atoms with van der Waals surface area (Å²) in [6.45, 7) is -1.33. The molecule has 2 atom stereocenters. The predicted molar refractivity (Wildman–Crippen MR) is 101 cm³/mol. The van der Waals surface area contributed by atoms with E-state index in [0.717, 1.165) is 4.72 Å². The van der Waals surface area contributed by atoms with Crippen LogP contribution in [0, 0.1) is 5.92 Å². The standard InChI is InChI=1S/C15H18ClNO11S2/c1-29(21,22)28-11(9-26-12(18)7-16)13(14(19)17-30(23,24)25)15(20)27-8-10-5-3-2-4-6-10/h2-6,11,13H,7-9H2,1H3,(H,17,19)(H,23,24,25)/t11-,13+/m1/s1. The van der Waals surface area contributed by atoms with E-state index in [1.807, 2.05) is 0 Å². The molecular formula is C15H18ClNO11S2. The lowest BCUT2D eigenvalue weighted by Crippen LogP contribution is -2.48. The molecular weight excluding hydrogens is 470 g/mol. The molecule has 168 valence electrons. The van der Waals surface area contributed by atoms with Gasteiger partial charge >= 0.3 is 22.2 Å². The van der Waals surface area contributed by atoms with Crippen LogP contribution in [0.1, 0.15) is 5.56 Å². The lowest BCUT2D eigenvalue weighted by Gasteiger charge is -2.23. The molecule has 0 spiro atoms. The molecule has 0 aliphatic rings. The van der Waals surface area contributed by atoms with Crippen molar-refractivity contribution in [2.24, 2.45) is 5.92 Å². The minimum absolute atomic E-state index is 0.359. The zero-order valence-corrected chi connectivity index (χ0v) is 17.8. The Kier molecular flexibility index (Phi) is 9.64. The van der Waals surface area contributed by atoms with Crippen LogP contribution in [-0.2, 0) is 55.1 Å². The maximum atomic E-state index is 12.5. The maximum absolute atomic E-state index is 12.5. The topological polar surface area (TPSA) is 179 Å². The van der Waals surface area contributed by atoms with Crippen LogP contribution in [0.2, 0.25) is 0 Å². The van der Waals surface area contributed by atoms with Gasteiger partial charge in [-0.3, -0.25) is 23.1 Å². The third kappa shape index (κ3) is 9.98. The van der Waals surface area contributed by atoms with Crippen LogP contribution in [0.4, 0.5) is 0 Å². The third-order valence-electron chi connectivity index (χ3n) is 3.18. The van der Waals surface area contributed by atoms with Gasteiger partial charge in [-0.1, -0.05) is 30.3 Å². The van der Waals surface area contributed by atoms with Gasteiger partial charge < -0.3 is 9.47 Å². The number of hydrogen-bond donors (Lipinski definition) is 2. The average molecular weight is 488 g/mol. The molecule has 0 saturated heterocycles. The summed E-state index contributed by atoms with van der Waals surface area (Å²) in [5.41, 5.74) is 0.494. The number of ether oxygens (including phenoxy) is 2. The Labute approximate surface area is 177 Å². The van der Waals surface area contributed by atoms with Crippen LogP contribution in [0.5, 0.6) is 0 Å². The number of benzene rings is 1. The number of hydrogen-bond acceptors (Lipinski definition) is 10. The van der Waals surface area contributed by atoms with Crippen molar-refractivity contribution in [1.29, 1.82) is 0 Å². The summed E-state index contributed by atoms with van der Waals surface area (Å²) in [5.74, 6) is -7.01. The van der Waals surface area contributed by atoms with Crippen molar-refractivity contribution >= 4 is 49.9 Å². The molecule has 0 aromatic heterocycles. The van der Waals surface area contributed by atoms with Crippen molar-refractivity contribution in [2.45, 2.75) is 12.7 Å². The molecule has 0 unspecified atom stereocenters. The molecule has 1 aromatic rings. The number of rotatable bonds is 11. The molecule has 0 bridgehead atoms. The maximum Gasteiger partial charge on any atom is 0.359 e. The van der Waals surface area contributed by atoms with Crippen molar-refractivity contribution in [2.75, 3.05) is 18.7 Å². The lowest BCUT2D eigenvalue weighted by molar-refractivity contribution is -0.161. The Bertz CT molecular complexity index is 964. The van der Waals surface area contributed by atoms with Gasteiger partial charge in [-0.25, -0.2) is 4.72 Å². The highest BCUT2D eigenvalue weighted by Gasteiger charge is 2.41. The molecule has 2 N–H and O–H groups in total. The first kappa shape index (κ1) is 25.8. The second-order valence-electron chi connectivity index (χ2n) is 5.67. The molecule has 30 heavy (non-hydrogen) atoms. The molecule has 12 nitrogen and oxygen atoms in total. The second kappa shape index (κ2) is 11.2. The molecule has 15 heteroatoms. The highest BCUT2D eigenvalue weighted by Crippen LogP contribution is 2.16. The zero-order valence-electron chi connectivity index (χ0n) is 15.4. The molecule has 0 aliphatic carbocycles. The van der Waals surface area contributed by atoms with Gasteiger partial charge in [-0.2, -0.15) is 16.8 Å². The van der Waals surface area contributed by atoms with Crippen LogP contribution in [0.15, 0.2) is 30.3 Å². The Morgan fingerprint density at radius 3 is 2.20 bits per heavy atom. The number of alkyl halides is 1. The van der Waals surface area contributed by atoms with Crippen LogP contribution in [0.3, 0.4) is 0 Å². The second-order valence-corrected chi connectivity index (χ2v) is 8.69. The van der Waals surface area contributed by atoms with E-state index in [1.54, 1.807) is 30.3 Å². The van der Waals surface area contributed by atoms with Crippen LogP contribution >= 0.6 is 11.6 Å². The van der Waals surface area contributed by atoms with E-state index in [-0.39, 0.29) is 6.61 Å². The minimum atomic E-state index is -5.12. The minimum Gasteiger partial charge on any atom is -0.462 e. The van der Waals surface area contributed by atoms with Gasteiger partial charge in [0.1, 0.15) is 25.2 Å². The summed E-state index contributed by atoms with van der Waals surface area (Å²) in [6.07, 6.45) is -1.44. The predicted octanol–water partition coefficient (Wildman–Crippen LogP) is -0.608. The van der Waals surface area contributed by atoms with Crippen molar-refractivity contribution in [1.82, 2.24) is 4.72 Å². The first-order chi connectivity index (χ1) is 13.8. The quantitative estimate of drug-likeness (QED) is 0.134. The van der Waals surface area contributed by atoms with E-state index in [0.29, 0.717) is 11.8 Å². The Morgan fingerprint density at radius 2 is 1.70 bits per heavy atom. The van der Waals surface area contributed by atoms with E-state index in [9.17, 15) is 31.2 Å². The summed E-state index contributed by atoms with van der Waals surface area (Å²) < 4.78 is 69.1. The van der Waals surface area contributed by atoms with Crippen molar-refractivity contribution in [3.63, 3.8) is 0 Å². The van der Waals surface area contributed by atoms with Gasteiger partial charge in [0, 0.05) is 0 Å². The highest BCUT2D eigenvalue weighted by molar-refractivity contribution is 7.86. The number of halogens is 1. The summed E-state index contributed by atoms with van der Waals surface area (Å²) in [6, 6.07) is 8.11. The molecule has 0 heterocycles. The van der Waals surface area contributed by atoms with Gasteiger partial charge in [0.05, 0.1) is 6.26 Å². The number of nitrogens with one attached hydrogen (secondary N) is 1. The van der Waals surface area contributed by atoms with Crippen LogP contribution in [0.25, 0.3) is 0 Å². The summed E-state index contributed by atoms with van der Waals surface area (Å²) in [5, 5.41) is 0. The van der Waals surface area contributed by atoms with E-state index in [1.165, 1.54) is 0 Å². The summed E-state index contributed by atoms with van der Waals surface area (Å²) in [7, 11) is -9.45. The monoisotopic (exact) mass is 487 g/mol. The van der Waals surface area contributed by atoms with Crippen LogP contribution < -0.4 is 4.72 Å². The smallest absolute Gasteiger partial charge is 0.359 e. The Balaban J connectivity index is 3.18. The van der Waals surface area contributed by atoms with Crippen molar-refractivity contribution in [3.8, 4) is 0 Å². The van der Waals surface area contributed by atoms with E-state index >= 15 is 0 Å². The number of carbonyl (C=O) groups is 3. The van der Waals surface area contributed by atoms with Crippen LogP contribution in [-0.4, -0.2) is 64.1 Å². The molecule has 1 amide bonds. The van der Waals surface area contributed by atoms with E-state index < -0.39 is 62.8 Å². The number of esters is 2. The van der Waals surface area contributed by atoms with Gasteiger partial charge in [0.25, 0.3) is 16.0 Å². The zero-order chi connectivity index (χ0) is 22.9. The fourth-order valence-corrected chi connectivity index (χ4v) is 3.13. The largest absolute Gasteiger partial charge is 0.462 e. The van der Waals surface area contributed by atoms with Gasteiger partial charge in [-0.15, -0.1) is 11.6 Å². The van der Waals surface area contributed by atoms with Gasteiger partial charge in [-0.05, 0) is 5.56 Å². The van der Waals surface area contributed by atoms with Crippen molar-refractivity contribution in [3.05, 3.63) is 35.9 Å².